The van der Waals surface area contributed by atoms with Gasteiger partial charge in [0.05, 0.1) is 51.8 Å². The Hall–Kier alpha value is -1.08. The summed E-state index contributed by atoms with van der Waals surface area (Å²) in [4.78, 5) is 0. The van der Waals surface area contributed by atoms with Crippen LogP contribution in [-0.2, 0) is 56.8 Å². The molecular weight excluding hydrogens is 1100 g/mol. The Morgan fingerprint density at radius 2 is 1.01 bits per heavy atom. The van der Waals surface area contributed by atoms with Crippen LogP contribution in [0.15, 0.2) is 0 Å². The van der Waals surface area contributed by atoms with Gasteiger partial charge in [-0.1, -0.05) is 27.7 Å². The number of aliphatic hydroxyl groups excluding tert-OH is 15. The number of hydrogen-bond donors (Lipinski definition) is 15. The van der Waals surface area contributed by atoms with Gasteiger partial charge in [0, 0.05) is 12.3 Å². The largest absolute Gasteiger partial charge is 0.394 e. The van der Waals surface area contributed by atoms with Crippen LogP contribution < -0.4 is 0 Å². The van der Waals surface area contributed by atoms with E-state index >= 15 is 0 Å². The molecule has 83 heavy (non-hydrogen) atoms. The molecule has 478 valence electrons. The maximum absolute atomic E-state index is 12.0. The highest BCUT2D eigenvalue weighted by Crippen LogP contribution is 2.71. The zero-order valence-electron chi connectivity index (χ0n) is 47.5. The third kappa shape index (κ3) is 11.2. The normalized spacial score (nSPS) is 57.4. The van der Waals surface area contributed by atoms with Gasteiger partial charge in [0.25, 0.3) is 0 Å². The molecular formula is C56H92O27. The van der Waals surface area contributed by atoms with E-state index in [1.54, 1.807) is 0 Å². The molecule has 7 saturated heterocycles. The highest BCUT2D eigenvalue weighted by molar-refractivity contribution is 5.16. The van der Waals surface area contributed by atoms with Crippen molar-refractivity contribution >= 4 is 0 Å². The summed E-state index contributed by atoms with van der Waals surface area (Å²) in [5.74, 6) is 2.83. The maximum atomic E-state index is 12.0. The van der Waals surface area contributed by atoms with Gasteiger partial charge >= 0.3 is 0 Å². The van der Waals surface area contributed by atoms with Crippen molar-refractivity contribution in [3.63, 3.8) is 0 Å². The summed E-state index contributed by atoms with van der Waals surface area (Å²) in [6.45, 7) is 6.14. The molecule has 7 heterocycles. The van der Waals surface area contributed by atoms with Gasteiger partial charge in [-0.3, -0.25) is 0 Å². The van der Waals surface area contributed by atoms with Crippen LogP contribution in [0.4, 0.5) is 0 Å². The van der Waals surface area contributed by atoms with Crippen molar-refractivity contribution in [2.24, 2.45) is 52.3 Å². The first-order valence-corrected chi connectivity index (χ1v) is 30.3. The summed E-state index contributed by atoms with van der Waals surface area (Å²) in [5, 5.41) is 164. The van der Waals surface area contributed by atoms with E-state index in [4.69, 9.17) is 56.8 Å². The SMILES string of the molecule is CC1CCC2(OC1)OC1CC3C4CC[C@H]5CC(OC6OC(CO)C(OC7OC(CO)C(O)C(OC8OCC(O)C(O)C8O)C7OC7OC(CO)C(O)C(OC8OC(CO)C(O)C(O)C8O)C7O)C(O)C6O)CC[C@]5(C)C4CC[C@]3(C)C1[C@@H]2C. The predicted octanol–water partition coefficient (Wildman–Crippen LogP) is -4.45. The highest BCUT2D eigenvalue weighted by atomic mass is 16.8. The van der Waals surface area contributed by atoms with Gasteiger partial charge in [0.2, 0.25) is 0 Å². The molecule has 15 N–H and O–H groups in total. The molecule has 0 aromatic carbocycles. The van der Waals surface area contributed by atoms with Crippen LogP contribution in [0.5, 0.6) is 0 Å². The molecule has 0 radical (unpaired) electrons. The summed E-state index contributed by atoms with van der Waals surface area (Å²) in [5.41, 5.74) is 0.221. The first kappa shape index (κ1) is 63.5. The van der Waals surface area contributed by atoms with Crippen molar-refractivity contribution in [3.8, 4) is 0 Å². The van der Waals surface area contributed by atoms with Crippen LogP contribution in [0.1, 0.15) is 91.9 Å². The average Bonchev–Trinajstić information content (AvgIpc) is 4.01. The molecule has 36 atom stereocenters. The van der Waals surface area contributed by atoms with E-state index in [2.05, 4.69) is 27.7 Å². The molecule has 4 saturated carbocycles. The molecule has 0 amide bonds. The highest BCUT2D eigenvalue weighted by Gasteiger charge is 2.70. The number of rotatable bonds is 14. The predicted molar refractivity (Wildman–Crippen MR) is 275 cm³/mol. The van der Waals surface area contributed by atoms with E-state index in [1.165, 1.54) is 0 Å². The molecule has 11 fully saturated rings. The van der Waals surface area contributed by atoms with Crippen LogP contribution in [0, 0.1) is 52.3 Å². The lowest BCUT2D eigenvalue weighted by molar-refractivity contribution is -0.409. The van der Waals surface area contributed by atoms with Crippen LogP contribution >= 0.6 is 0 Å². The van der Waals surface area contributed by atoms with Gasteiger partial charge in [-0.25, -0.2) is 0 Å². The van der Waals surface area contributed by atoms with Crippen molar-refractivity contribution in [2.75, 3.05) is 39.6 Å². The summed E-state index contributed by atoms with van der Waals surface area (Å²) < 4.78 is 73.4. The second kappa shape index (κ2) is 25.0. The Kier molecular flexibility index (Phi) is 19.1. The first-order chi connectivity index (χ1) is 39.5. The monoisotopic (exact) mass is 1200 g/mol. The van der Waals surface area contributed by atoms with E-state index in [-0.39, 0.29) is 23.0 Å². The minimum atomic E-state index is -2.18. The minimum Gasteiger partial charge on any atom is -0.394 e. The van der Waals surface area contributed by atoms with E-state index in [9.17, 15) is 76.6 Å². The molecule has 0 bridgehead atoms. The second-order valence-electron chi connectivity index (χ2n) is 26.7. The Morgan fingerprint density at radius 3 is 1.69 bits per heavy atom. The van der Waals surface area contributed by atoms with Crippen LogP contribution in [0.25, 0.3) is 0 Å². The minimum absolute atomic E-state index is 0.0500. The fourth-order valence-corrected chi connectivity index (χ4v) is 17.4. The molecule has 27 nitrogen and oxygen atoms in total. The Balaban J connectivity index is 0.784. The third-order valence-electron chi connectivity index (χ3n) is 22.1. The number of aliphatic hydroxyl groups is 15. The van der Waals surface area contributed by atoms with E-state index in [0.717, 1.165) is 58.0 Å². The second-order valence-corrected chi connectivity index (χ2v) is 26.7. The molecule has 0 aromatic rings. The number of hydrogen-bond acceptors (Lipinski definition) is 27. The quantitative estimate of drug-likeness (QED) is 0.0730. The van der Waals surface area contributed by atoms with Gasteiger partial charge < -0.3 is 133 Å². The summed E-state index contributed by atoms with van der Waals surface area (Å²) >= 11 is 0. The summed E-state index contributed by atoms with van der Waals surface area (Å²) in [6, 6.07) is 0. The van der Waals surface area contributed by atoms with Crippen molar-refractivity contribution in [2.45, 2.75) is 257 Å². The van der Waals surface area contributed by atoms with Crippen LogP contribution in [-0.4, -0.2) is 282 Å². The number of fused-ring (bicyclic) bond motifs is 7. The van der Waals surface area contributed by atoms with Crippen molar-refractivity contribution < 1.29 is 133 Å². The Labute approximate surface area is 481 Å². The van der Waals surface area contributed by atoms with Crippen molar-refractivity contribution in [1.29, 1.82) is 0 Å². The molecule has 0 aromatic heterocycles. The van der Waals surface area contributed by atoms with Gasteiger partial charge in [0.1, 0.15) is 116 Å². The van der Waals surface area contributed by atoms with Crippen molar-refractivity contribution in [1.82, 2.24) is 0 Å². The molecule has 11 rings (SSSR count). The molecule has 1 spiro atoms. The molecule has 32 unspecified atom stereocenters. The van der Waals surface area contributed by atoms with E-state index in [0.29, 0.717) is 54.3 Å². The van der Waals surface area contributed by atoms with Gasteiger partial charge in [-0.2, -0.15) is 0 Å². The summed E-state index contributed by atoms with van der Waals surface area (Å²) in [7, 11) is 0. The van der Waals surface area contributed by atoms with Crippen LogP contribution in [0.3, 0.4) is 0 Å². The molecule has 11 aliphatic rings. The average molecular weight is 1200 g/mol. The lowest BCUT2D eigenvalue weighted by atomic mass is 9.44. The molecule has 27 heteroatoms. The molecule has 4 aliphatic carbocycles. The fourth-order valence-electron chi connectivity index (χ4n) is 17.4. The number of ether oxygens (including phenoxy) is 12. The Bertz CT molecular complexity index is 2140. The topological polar surface area (TPSA) is 414 Å². The zero-order chi connectivity index (χ0) is 59.4. The lowest BCUT2D eigenvalue weighted by Crippen LogP contribution is -2.69. The van der Waals surface area contributed by atoms with Gasteiger partial charge in [-0.15, -0.1) is 0 Å². The fraction of sp³-hybridized carbons (Fsp3) is 1.00. The maximum Gasteiger partial charge on any atom is 0.187 e. The molecule has 7 aliphatic heterocycles. The first-order valence-electron chi connectivity index (χ1n) is 30.3. The summed E-state index contributed by atoms with van der Waals surface area (Å²) in [6.07, 6.45) is -34.5. The van der Waals surface area contributed by atoms with Gasteiger partial charge in [-0.05, 0) is 104 Å². The lowest BCUT2D eigenvalue weighted by Gasteiger charge is -2.61. The smallest absolute Gasteiger partial charge is 0.187 e. The van der Waals surface area contributed by atoms with Crippen LogP contribution in [0.2, 0.25) is 0 Å². The zero-order valence-corrected chi connectivity index (χ0v) is 47.5. The van der Waals surface area contributed by atoms with E-state index in [1.807, 2.05) is 0 Å². The van der Waals surface area contributed by atoms with Crippen molar-refractivity contribution in [3.05, 3.63) is 0 Å². The standard InChI is InChI=1S/C56H92O27/c1-21-7-12-56(73-19-21)22(2)34-29(83-56)14-27-25-6-5-23-13-24(8-10-54(23,3)26(25)9-11-55(27,34)4)74-50-43(70)40(67)45(33(18-60)78-50)79-53-48(47(38(65)32(17-59)77-53)81-49-41(68)35(62)28(61)20-72-49)82-52-44(71)46(37(64)31(16-58)76-52)80-51-42(69)39(66)36(63)30(15-57)75-51/h21-53,57-71H,5-20H2,1-4H3/t21?,22-,23-,24?,25?,26?,27?,28?,29?,30?,31?,32?,33?,34?,35?,36?,37?,38?,39?,40?,41?,42?,43?,44?,45?,46?,47?,48?,49?,50?,51?,52?,53?,54-,55-,56?/m0/s1. The Morgan fingerprint density at radius 1 is 0.446 bits per heavy atom. The van der Waals surface area contributed by atoms with E-state index < -0.39 is 186 Å². The third-order valence-corrected chi connectivity index (χ3v) is 22.1. The van der Waals surface area contributed by atoms with Gasteiger partial charge in [0.15, 0.2) is 37.2 Å².